The molecule has 2 aromatic carbocycles. The molecule has 1 aliphatic heterocycles. The molecular weight excluding hydrogens is 332 g/mol. The number of ether oxygens (including phenoxy) is 2. The molecule has 2 aromatic rings. The summed E-state index contributed by atoms with van der Waals surface area (Å²) in [7, 11) is 0. The van der Waals surface area contributed by atoms with Gasteiger partial charge in [0.15, 0.2) is 6.10 Å². The van der Waals surface area contributed by atoms with E-state index in [1.807, 2.05) is 60.7 Å². The van der Waals surface area contributed by atoms with Crippen LogP contribution in [0.4, 0.5) is 9.59 Å². The van der Waals surface area contributed by atoms with Crippen LogP contribution in [-0.4, -0.2) is 28.5 Å². The van der Waals surface area contributed by atoms with E-state index >= 15 is 0 Å². The quantitative estimate of drug-likeness (QED) is 0.797. The van der Waals surface area contributed by atoms with Crippen molar-refractivity contribution >= 4 is 17.9 Å². The molecule has 6 heteroatoms. The molecule has 0 N–H and O–H groups in total. The minimum absolute atomic E-state index is 0.460. The highest BCUT2D eigenvalue weighted by Gasteiger charge is 2.38. The number of benzene rings is 2. The Morgan fingerprint density at radius 3 is 2.19 bits per heavy atom. The van der Waals surface area contributed by atoms with Crippen molar-refractivity contribution < 1.29 is 19.1 Å². The van der Waals surface area contributed by atoms with Gasteiger partial charge in [0, 0.05) is 5.56 Å². The summed E-state index contributed by atoms with van der Waals surface area (Å²) in [5.41, 5.74) is 1.23. The predicted octanol–water partition coefficient (Wildman–Crippen LogP) is 4.52. The van der Waals surface area contributed by atoms with Crippen molar-refractivity contribution in [2.24, 2.45) is 5.10 Å². The number of cyclic esters (lactones) is 1. The fourth-order valence-corrected chi connectivity index (χ4v) is 2.50. The average Bonchev–Trinajstić information content (AvgIpc) is 2.61. The Morgan fingerprint density at radius 2 is 1.62 bits per heavy atom. The van der Waals surface area contributed by atoms with Crippen molar-refractivity contribution in [1.29, 1.82) is 0 Å². The molecule has 0 saturated carbocycles. The summed E-state index contributed by atoms with van der Waals surface area (Å²) in [5, 5.41) is 4.91. The third-order valence-electron chi connectivity index (χ3n) is 3.59. The molecule has 1 atom stereocenters. The van der Waals surface area contributed by atoms with Gasteiger partial charge in [0.25, 0.3) is 0 Å². The SMILES string of the molecule is CC(C)(C)OC(=O)N1N=C(c2ccccc2)C(c2ccccc2)OC1=O. The lowest BCUT2D eigenvalue weighted by Crippen LogP contribution is -2.43. The van der Waals surface area contributed by atoms with Crippen LogP contribution >= 0.6 is 0 Å². The summed E-state index contributed by atoms with van der Waals surface area (Å²) in [4.78, 5) is 24.7. The van der Waals surface area contributed by atoms with Crippen LogP contribution in [0.5, 0.6) is 0 Å². The van der Waals surface area contributed by atoms with Crippen molar-refractivity contribution in [2.45, 2.75) is 32.5 Å². The first-order valence-corrected chi connectivity index (χ1v) is 8.28. The zero-order valence-electron chi connectivity index (χ0n) is 14.9. The maximum absolute atomic E-state index is 12.4. The molecule has 0 aromatic heterocycles. The number of amides is 2. The first kappa shape index (κ1) is 17.7. The van der Waals surface area contributed by atoms with E-state index in [2.05, 4.69) is 5.10 Å². The molecule has 26 heavy (non-hydrogen) atoms. The molecule has 0 fully saturated rings. The van der Waals surface area contributed by atoms with Gasteiger partial charge in [0.2, 0.25) is 0 Å². The van der Waals surface area contributed by atoms with Crippen molar-refractivity contribution in [3.8, 4) is 0 Å². The van der Waals surface area contributed by atoms with Crippen LogP contribution in [0.15, 0.2) is 65.8 Å². The van der Waals surface area contributed by atoms with Gasteiger partial charge >= 0.3 is 12.2 Å². The molecule has 0 aliphatic carbocycles. The van der Waals surface area contributed by atoms with E-state index in [1.165, 1.54) is 0 Å². The van der Waals surface area contributed by atoms with Crippen molar-refractivity contribution in [1.82, 2.24) is 5.01 Å². The van der Waals surface area contributed by atoms with Crippen LogP contribution in [-0.2, 0) is 9.47 Å². The Morgan fingerprint density at radius 1 is 1.04 bits per heavy atom. The largest absolute Gasteiger partial charge is 0.442 e. The smallest absolute Gasteiger partial charge is 0.441 e. The van der Waals surface area contributed by atoms with Gasteiger partial charge in [-0.05, 0) is 26.3 Å². The fourth-order valence-electron chi connectivity index (χ4n) is 2.50. The van der Waals surface area contributed by atoms with Crippen LogP contribution in [0.2, 0.25) is 0 Å². The maximum atomic E-state index is 12.4. The van der Waals surface area contributed by atoms with E-state index in [1.54, 1.807) is 20.8 Å². The fraction of sp³-hybridized carbons (Fsp3) is 0.250. The van der Waals surface area contributed by atoms with Crippen LogP contribution < -0.4 is 0 Å². The summed E-state index contributed by atoms with van der Waals surface area (Å²) in [6.07, 6.45) is -2.44. The van der Waals surface area contributed by atoms with E-state index in [4.69, 9.17) is 9.47 Å². The van der Waals surface area contributed by atoms with Gasteiger partial charge in [-0.1, -0.05) is 65.7 Å². The molecule has 1 unspecified atom stereocenters. The third kappa shape index (κ3) is 3.91. The molecule has 3 rings (SSSR count). The number of rotatable bonds is 2. The summed E-state index contributed by atoms with van der Waals surface area (Å²) in [5.74, 6) is 0. The second-order valence-corrected chi connectivity index (χ2v) is 6.82. The minimum atomic E-state index is -0.873. The molecule has 0 radical (unpaired) electrons. The molecule has 0 spiro atoms. The molecule has 0 bridgehead atoms. The van der Waals surface area contributed by atoms with Gasteiger partial charge in [-0.15, -0.1) is 0 Å². The zero-order chi connectivity index (χ0) is 18.7. The van der Waals surface area contributed by atoms with Gasteiger partial charge in [-0.2, -0.15) is 5.10 Å². The summed E-state index contributed by atoms with van der Waals surface area (Å²) in [6.45, 7) is 5.15. The first-order valence-electron chi connectivity index (χ1n) is 8.28. The summed E-state index contributed by atoms with van der Waals surface area (Å²) >= 11 is 0. The first-order chi connectivity index (χ1) is 12.3. The molecular formula is C20H20N2O4. The van der Waals surface area contributed by atoms with E-state index in [9.17, 15) is 9.59 Å². The van der Waals surface area contributed by atoms with Gasteiger partial charge in [0.1, 0.15) is 11.3 Å². The highest BCUT2D eigenvalue weighted by atomic mass is 16.6. The van der Waals surface area contributed by atoms with E-state index in [0.29, 0.717) is 10.7 Å². The second-order valence-electron chi connectivity index (χ2n) is 6.82. The van der Waals surface area contributed by atoms with Gasteiger partial charge in [-0.25, -0.2) is 9.59 Å². The molecule has 0 saturated heterocycles. The van der Waals surface area contributed by atoms with Crippen LogP contribution in [0.3, 0.4) is 0 Å². The third-order valence-corrected chi connectivity index (χ3v) is 3.59. The van der Waals surface area contributed by atoms with Crippen LogP contribution in [0, 0.1) is 0 Å². The van der Waals surface area contributed by atoms with Gasteiger partial charge in [0.05, 0.1) is 0 Å². The Labute approximate surface area is 152 Å². The monoisotopic (exact) mass is 352 g/mol. The highest BCUT2D eigenvalue weighted by molar-refractivity contribution is 6.08. The number of imide groups is 1. The lowest BCUT2D eigenvalue weighted by atomic mass is 9.98. The van der Waals surface area contributed by atoms with E-state index < -0.39 is 23.9 Å². The zero-order valence-corrected chi connectivity index (χ0v) is 14.9. The van der Waals surface area contributed by atoms with E-state index in [-0.39, 0.29) is 0 Å². The van der Waals surface area contributed by atoms with Gasteiger partial charge < -0.3 is 9.47 Å². The van der Waals surface area contributed by atoms with Crippen molar-refractivity contribution in [3.63, 3.8) is 0 Å². The lowest BCUT2D eigenvalue weighted by molar-refractivity contribution is 0.0152. The number of hydrazone groups is 1. The Balaban J connectivity index is 2.03. The molecule has 1 heterocycles. The number of hydrogen-bond acceptors (Lipinski definition) is 5. The Hall–Kier alpha value is -3.15. The van der Waals surface area contributed by atoms with E-state index in [0.717, 1.165) is 11.1 Å². The predicted molar refractivity (Wildman–Crippen MR) is 96.7 cm³/mol. The van der Waals surface area contributed by atoms with Crippen molar-refractivity contribution in [2.75, 3.05) is 0 Å². The highest BCUT2D eigenvalue weighted by Crippen LogP contribution is 2.29. The standard InChI is InChI=1S/C20H20N2O4/c1-20(2,3)26-19(24)22-18(23)25-17(15-12-8-5-9-13-15)16(21-22)14-10-6-4-7-11-14/h4-13,17H,1-3H3. The molecule has 2 amide bonds. The van der Waals surface area contributed by atoms with Crippen molar-refractivity contribution in [3.05, 3.63) is 71.8 Å². The topological polar surface area (TPSA) is 68.2 Å². The minimum Gasteiger partial charge on any atom is -0.442 e. The molecule has 134 valence electrons. The van der Waals surface area contributed by atoms with Crippen LogP contribution in [0.1, 0.15) is 38.0 Å². The number of carbonyl (C=O) groups excluding carboxylic acids is 2. The lowest BCUT2D eigenvalue weighted by Gasteiger charge is -2.30. The number of hydrogen-bond donors (Lipinski definition) is 0. The molecule has 6 nitrogen and oxygen atoms in total. The number of nitrogens with zero attached hydrogens (tertiary/aromatic N) is 2. The average molecular weight is 352 g/mol. The maximum Gasteiger partial charge on any atom is 0.441 e. The number of carbonyl (C=O) groups is 2. The second kappa shape index (κ2) is 7.00. The Bertz CT molecular complexity index is 826. The Kier molecular flexibility index (Phi) is 4.75. The molecule has 1 aliphatic rings. The van der Waals surface area contributed by atoms with Crippen LogP contribution in [0.25, 0.3) is 0 Å². The van der Waals surface area contributed by atoms with Gasteiger partial charge in [-0.3, -0.25) is 0 Å². The normalized spacial score (nSPS) is 17.3. The summed E-state index contributed by atoms with van der Waals surface area (Å²) in [6, 6.07) is 18.6. The summed E-state index contributed by atoms with van der Waals surface area (Å²) < 4.78 is 10.8.